The van der Waals surface area contributed by atoms with Crippen molar-refractivity contribution in [2.75, 3.05) is 16.8 Å². The number of tetrazole rings is 1. The standard InChI is InChI=1S/C25H23F9N6O2/c1-3-17-11-19(18-10-14(23(26,27)28)5-6-20(18)40(17)22(41)42-4-2)35-21-36-37-38-39(21)12-13-7-15(24(29,30)31)9-16(8-13)25(32,33)34/h5-10,17,19H,3-4,11-12H2,1-2H3,(H,35,36,38)/t17-,19+/m1/s1. The van der Waals surface area contributed by atoms with Crippen LogP contribution in [0.5, 0.6) is 0 Å². The van der Waals surface area contributed by atoms with Crippen LogP contribution in [0.3, 0.4) is 0 Å². The van der Waals surface area contributed by atoms with Gasteiger partial charge in [-0.2, -0.15) is 39.5 Å². The van der Waals surface area contributed by atoms with Gasteiger partial charge in [-0.25, -0.2) is 9.48 Å². The fourth-order valence-corrected chi connectivity index (χ4v) is 4.71. The Hall–Kier alpha value is -4.05. The van der Waals surface area contributed by atoms with Gasteiger partial charge in [0.2, 0.25) is 5.95 Å². The van der Waals surface area contributed by atoms with Crippen LogP contribution in [-0.4, -0.2) is 38.9 Å². The second-order valence-electron chi connectivity index (χ2n) is 9.41. The lowest BCUT2D eigenvalue weighted by atomic mass is 9.89. The summed E-state index contributed by atoms with van der Waals surface area (Å²) in [5, 5.41) is 13.7. The van der Waals surface area contributed by atoms with Gasteiger partial charge in [0.25, 0.3) is 0 Å². The van der Waals surface area contributed by atoms with E-state index >= 15 is 0 Å². The van der Waals surface area contributed by atoms with Crippen LogP contribution in [0.15, 0.2) is 36.4 Å². The molecule has 0 fully saturated rings. The van der Waals surface area contributed by atoms with Gasteiger partial charge in [0, 0.05) is 6.04 Å². The summed E-state index contributed by atoms with van der Waals surface area (Å²) >= 11 is 0. The Morgan fingerprint density at radius 2 is 1.55 bits per heavy atom. The maximum atomic E-state index is 13.6. The van der Waals surface area contributed by atoms with E-state index in [9.17, 15) is 44.3 Å². The molecule has 2 aromatic carbocycles. The zero-order valence-corrected chi connectivity index (χ0v) is 21.9. The third-order valence-electron chi connectivity index (χ3n) is 6.61. The Labute approximate surface area is 232 Å². The topological polar surface area (TPSA) is 85.2 Å². The van der Waals surface area contributed by atoms with E-state index in [4.69, 9.17) is 4.74 Å². The molecule has 0 unspecified atom stereocenters. The molecule has 0 saturated carbocycles. The number of aromatic nitrogens is 4. The highest BCUT2D eigenvalue weighted by atomic mass is 19.4. The fourth-order valence-electron chi connectivity index (χ4n) is 4.71. The normalized spacial score (nSPS) is 17.6. The average molecular weight is 610 g/mol. The molecule has 8 nitrogen and oxygen atoms in total. The SMILES string of the molecule is CCOC(=O)N1c2ccc(C(F)(F)F)cc2[C@@H](Nc2nnnn2Cc2cc(C(F)(F)F)cc(C(F)(F)F)c2)C[C@H]1CC. The molecule has 1 amide bonds. The number of fused-ring (bicyclic) bond motifs is 1. The quantitative estimate of drug-likeness (QED) is 0.301. The van der Waals surface area contributed by atoms with Crippen molar-refractivity contribution in [2.45, 2.75) is 63.8 Å². The molecule has 4 rings (SSSR count). The predicted octanol–water partition coefficient (Wildman–Crippen LogP) is 7.08. The molecule has 0 bridgehead atoms. The molecule has 1 N–H and O–H groups in total. The van der Waals surface area contributed by atoms with Crippen molar-refractivity contribution in [1.29, 1.82) is 0 Å². The van der Waals surface area contributed by atoms with Crippen molar-refractivity contribution >= 4 is 17.7 Å². The molecule has 0 saturated heterocycles. The molecule has 3 aromatic rings. The van der Waals surface area contributed by atoms with Gasteiger partial charge in [-0.1, -0.05) is 12.0 Å². The van der Waals surface area contributed by atoms with Gasteiger partial charge in [0.15, 0.2) is 0 Å². The van der Waals surface area contributed by atoms with Crippen LogP contribution < -0.4 is 10.2 Å². The molecular weight excluding hydrogens is 587 g/mol. The number of hydrogen-bond donors (Lipinski definition) is 1. The maximum Gasteiger partial charge on any atom is 0.416 e. The number of amides is 1. The van der Waals surface area contributed by atoms with Crippen LogP contribution in [0.4, 0.5) is 55.9 Å². The number of halogens is 9. The largest absolute Gasteiger partial charge is 0.449 e. The molecule has 2 atom stereocenters. The number of nitrogens with zero attached hydrogens (tertiary/aromatic N) is 5. The Bertz CT molecular complexity index is 1400. The monoisotopic (exact) mass is 610 g/mol. The third kappa shape index (κ3) is 6.54. The minimum Gasteiger partial charge on any atom is -0.449 e. The number of anilines is 2. The summed E-state index contributed by atoms with van der Waals surface area (Å²) in [5.41, 5.74) is -4.31. The molecule has 1 aliphatic rings. The average Bonchev–Trinajstić information content (AvgIpc) is 3.32. The number of alkyl halides is 9. The van der Waals surface area contributed by atoms with E-state index in [0.717, 1.165) is 22.9 Å². The lowest BCUT2D eigenvalue weighted by Gasteiger charge is -2.40. The smallest absolute Gasteiger partial charge is 0.416 e. The number of rotatable bonds is 6. The summed E-state index contributed by atoms with van der Waals surface area (Å²) in [6, 6.07) is 2.35. The van der Waals surface area contributed by atoms with Crippen molar-refractivity contribution in [1.82, 2.24) is 20.2 Å². The van der Waals surface area contributed by atoms with Gasteiger partial charge in [-0.15, -0.1) is 0 Å². The third-order valence-corrected chi connectivity index (χ3v) is 6.61. The summed E-state index contributed by atoms with van der Waals surface area (Å²) in [6.07, 6.45) is -15.2. The van der Waals surface area contributed by atoms with Gasteiger partial charge in [-0.05, 0) is 77.7 Å². The number of nitrogens with one attached hydrogen (secondary N) is 1. The van der Waals surface area contributed by atoms with Crippen LogP contribution >= 0.6 is 0 Å². The van der Waals surface area contributed by atoms with Crippen molar-refractivity contribution in [3.8, 4) is 0 Å². The first-order valence-corrected chi connectivity index (χ1v) is 12.5. The molecule has 0 radical (unpaired) electrons. The molecule has 1 aromatic heterocycles. The van der Waals surface area contributed by atoms with Gasteiger partial charge >= 0.3 is 24.6 Å². The van der Waals surface area contributed by atoms with E-state index in [1.807, 2.05) is 0 Å². The lowest BCUT2D eigenvalue weighted by Crippen LogP contribution is -2.46. The van der Waals surface area contributed by atoms with Crippen molar-refractivity contribution in [3.63, 3.8) is 0 Å². The van der Waals surface area contributed by atoms with E-state index in [-0.39, 0.29) is 36.3 Å². The summed E-state index contributed by atoms with van der Waals surface area (Å²) in [5.74, 6) is -0.228. The fraction of sp³-hybridized carbons (Fsp3) is 0.440. The second kappa shape index (κ2) is 11.3. The minimum atomic E-state index is -5.07. The van der Waals surface area contributed by atoms with Crippen LogP contribution in [0.1, 0.15) is 60.5 Å². The van der Waals surface area contributed by atoms with Crippen molar-refractivity contribution in [2.24, 2.45) is 0 Å². The highest BCUT2D eigenvalue weighted by Crippen LogP contribution is 2.43. The van der Waals surface area contributed by atoms with E-state index < -0.39 is 65.5 Å². The molecule has 0 aliphatic carbocycles. The zero-order chi connectivity index (χ0) is 31.0. The summed E-state index contributed by atoms with van der Waals surface area (Å²) in [7, 11) is 0. The molecule has 0 spiro atoms. The first-order valence-electron chi connectivity index (χ1n) is 12.5. The Morgan fingerprint density at radius 1 is 0.929 bits per heavy atom. The van der Waals surface area contributed by atoms with E-state index in [1.165, 1.54) is 4.90 Å². The van der Waals surface area contributed by atoms with Gasteiger partial charge in [0.1, 0.15) is 0 Å². The molecule has 1 aliphatic heterocycles. The summed E-state index contributed by atoms with van der Waals surface area (Å²) in [4.78, 5) is 14.0. The van der Waals surface area contributed by atoms with Crippen LogP contribution in [-0.2, 0) is 29.8 Å². The van der Waals surface area contributed by atoms with E-state index in [2.05, 4.69) is 20.8 Å². The predicted molar refractivity (Wildman–Crippen MR) is 129 cm³/mol. The molecule has 42 heavy (non-hydrogen) atoms. The number of hydrogen-bond acceptors (Lipinski definition) is 6. The molecular formula is C25H23F9N6O2. The van der Waals surface area contributed by atoms with Gasteiger partial charge < -0.3 is 10.1 Å². The first kappa shape index (κ1) is 30.9. The maximum absolute atomic E-state index is 13.6. The molecule has 2 heterocycles. The van der Waals surface area contributed by atoms with Gasteiger partial charge in [-0.3, -0.25) is 4.90 Å². The lowest BCUT2D eigenvalue weighted by molar-refractivity contribution is -0.143. The minimum absolute atomic E-state index is 0.0143. The Balaban J connectivity index is 1.73. The van der Waals surface area contributed by atoms with Crippen molar-refractivity contribution in [3.05, 3.63) is 64.2 Å². The van der Waals surface area contributed by atoms with Crippen LogP contribution in [0.25, 0.3) is 0 Å². The Kier molecular flexibility index (Phi) is 8.33. The highest BCUT2D eigenvalue weighted by Gasteiger charge is 2.40. The van der Waals surface area contributed by atoms with Crippen LogP contribution in [0, 0.1) is 0 Å². The zero-order valence-electron chi connectivity index (χ0n) is 21.9. The number of carbonyl (C=O) groups is 1. The van der Waals surface area contributed by atoms with Crippen LogP contribution in [0.2, 0.25) is 0 Å². The van der Waals surface area contributed by atoms with E-state index in [0.29, 0.717) is 18.6 Å². The van der Waals surface area contributed by atoms with E-state index in [1.54, 1.807) is 13.8 Å². The van der Waals surface area contributed by atoms with Crippen molar-refractivity contribution < 1.29 is 49.0 Å². The molecule has 228 valence electrons. The summed E-state index contributed by atoms with van der Waals surface area (Å²) in [6.45, 7) is 2.71. The number of benzene rings is 2. The molecule has 17 heteroatoms. The van der Waals surface area contributed by atoms with Gasteiger partial charge in [0.05, 0.1) is 41.6 Å². The number of ether oxygens (including phenoxy) is 1. The Morgan fingerprint density at radius 3 is 2.10 bits per heavy atom. The number of carbonyl (C=O) groups excluding carboxylic acids is 1. The highest BCUT2D eigenvalue weighted by molar-refractivity contribution is 5.90. The summed E-state index contributed by atoms with van der Waals surface area (Å²) < 4.78 is 127. The first-order chi connectivity index (χ1) is 19.5. The second-order valence-corrected chi connectivity index (χ2v) is 9.41.